The molecule has 0 spiro atoms. The normalized spacial score (nSPS) is 12.5. The minimum absolute atomic E-state index is 0.163. The van der Waals surface area contributed by atoms with Crippen molar-refractivity contribution in [3.63, 3.8) is 0 Å². The molecule has 1 amide bonds. The maximum absolute atomic E-state index is 12.6. The summed E-state index contributed by atoms with van der Waals surface area (Å²) in [5.74, 6) is -0.349. The van der Waals surface area contributed by atoms with Gasteiger partial charge in [-0.15, -0.1) is 0 Å². The third-order valence-corrected chi connectivity index (χ3v) is 5.83. The van der Waals surface area contributed by atoms with Crippen LogP contribution >= 0.6 is 15.9 Å². The van der Waals surface area contributed by atoms with E-state index in [9.17, 15) is 13.2 Å². The molecule has 0 aliphatic rings. The number of carbonyl (C=O) groups is 1. The van der Waals surface area contributed by atoms with Gasteiger partial charge in [-0.05, 0) is 47.0 Å². The van der Waals surface area contributed by atoms with Gasteiger partial charge in [0.1, 0.15) is 6.54 Å². The van der Waals surface area contributed by atoms with Crippen LogP contribution < -0.4 is 9.62 Å². The summed E-state index contributed by atoms with van der Waals surface area (Å²) in [6, 6.07) is 14.7. The Kier molecular flexibility index (Phi) is 6.83. The van der Waals surface area contributed by atoms with Gasteiger partial charge in [0.2, 0.25) is 15.9 Å². The van der Waals surface area contributed by atoms with Crippen molar-refractivity contribution in [2.24, 2.45) is 0 Å². The standard InChI is InChI=1S/C19H23BrN2O3S/c1-4-17(15-11-9-14(2)10-12-15)21-19(23)13-22(26(3,24)25)18-8-6-5-7-16(18)20/h5-12,17H,4,13H2,1-3H3,(H,21,23)/t17-/m0/s1. The Morgan fingerprint density at radius 2 is 1.77 bits per heavy atom. The highest BCUT2D eigenvalue weighted by Gasteiger charge is 2.23. The van der Waals surface area contributed by atoms with Crippen LogP contribution in [-0.4, -0.2) is 27.1 Å². The molecule has 5 nitrogen and oxygen atoms in total. The van der Waals surface area contributed by atoms with Gasteiger partial charge in [-0.25, -0.2) is 8.42 Å². The Labute approximate surface area is 163 Å². The smallest absolute Gasteiger partial charge is 0.241 e. The second-order valence-corrected chi connectivity index (χ2v) is 8.92. The number of nitrogens with one attached hydrogen (secondary N) is 1. The Hall–Kier alpha value is -1.86. The summed E-state index contributed by atoms with van der Waals surface area (Å²) < 4.78 is 26.1. The lowest BCUT2D eigenvalue weighted by molar-refractivity contribution is -0.120. The monoisotopic (exact) mass is 438 g/mol. The summed E-state index contributed by atoms with van der Waals surface area (Å²) in [7, 11) is -3.61. The molecular weight excluding hydrogens is 416 g/mol. The highest BCUT2D eigenvalue weighted by atomic mass is 79.9. The van der Waals surface area contributed by atoms with Crippen LogP contribution in [0.25, 0.3) is 0 Å². The van der Waals surface area contributed by atoms with E-state index in [1.54, 1.807) is 24.3 Å². The van der Waals surface area contributed by atoms with Crippen molar-refractivity contribution in [3.8, 4) is 0 Å². The van der Waals surface area contributed by atoms with Crippen molar-refractivity contribution in [1.29, 1.82) is 0 Å². The molecule has 0 saturated heterocycles. The number of aryl methyl sites for hydroxylation is 1. The first-order chi connectivity index (χ1) is 12.2. The summed E-state index contributed by atoms with van der Waals surface area (Å²) in [4.78, 5) is 12.6. The zero-order chi connectivity index (χ0) is 19.3. The lowest BCUT2D eigenvalue weighted by Crippen LogP contribution is -2.41. The quantitative estimate of drug-likeness (QED) is 0.714. The summed E-state index contributed by atoms with van der Waals surface area (Å²) in [5.41, 5.74) is 2.58. The molecule has 0 radical (unpaired) electrons. The van der Waals surface area contributed by atoms with Crippen LogP contribution in [0.1, 0.15) is 30.5 Å². The predicted octanol–water partition coefficient (Wildman–Crippen LogP) is 3.79. The largest absolute Gasteiger partial charge is 0.348 e. The molecule has 2 aromatic rings. The van der Waals surface area contributed by atoms with E-state index >= 15 is 0 Å². The highest BCUT2D eigenvalue weighted by molar-refractivity contribution is 9.10. The Morgan fingerprint density at radius 3 is 2.31 bits per heavy atom. The van der Waals surface area contributed by atoms with Gasteiger partial charge in [-0.2, -0.15) is 0 Å². The molecule has 7 heteroatoms. The van der Waals surface area contributed by atoms with Gasteiger partial charge >= 0.3 is 0 Å². The Morgan fingerprint density at radius 1 is 1.15 bits per heavy atom. The molecule has 1 atom stereocenters. The van der Waals surface area contributed by atoms with Crippen molar-refractivity contribution in [2.75, 3.05) is 17.1 Å². The molecule has 0 bridgehead atoms. The van der Waals surface area contributed by atoms with Crippen LogP contribution in [0.15, 0.2) is 53.0 Å². The van der Waals surface area contributed by atoms with Gasteiger partial charge in [0.05, 0.1) is 18.0 Å². The minimum Gasteiger partial charge on any atom is -0.348 e. The number of halogens is 1. The van der Waals surface area contributed by atoms with E-state index in [1.165, 1.54) is 0 Å². The summed E-state index contributed by atoms with van der Waals surface area (Å²) in [6.07, 6.45) is 1.81. The predicted molar refractivity (Wildman–Crippen MR) is 109 cm³/mol. The van der Waals surface area contributed by atoms with Crippen LogP contribution in [-0.2, 0) is 14.8 Å². The van der Waals surface area contributed by atoms with Crippen molar-refractivity contribution in [3.05, 3.63) is 64.1 Å². The van der Waals surface area contributed by atoms with Crippen molar-refractivity contribution < 1.29 is 13.2 Å². The van der Waals surface area contributed by atoms with E-state index in [-0.39, 0.29) is 18.5 Å². The van der Waals surface area contributed by atoms with Gasteiger partial charge in [0.15, 0.2) is 0 Å². The molecule has 2 aromatic carbocycles. The van der Waals surface area contributed by atoms with Gasteiger partial charge in [0, 0.05) is 4.47 Å². The zero-order valence-electron chi connectivity index (χ0n) is 15.1. The average Bonchev–Trinajstić information content (AvgIpc) is 2.58. The van der Waals surface area contributed by atoms with E-state index in [1.807, 2.05) is 38.1 Å². The molecule has 0 saturated carbocycles. The molecular formula is C19H23BrN2O3S. The first-order valence-electron chi connectivity index (χ1n) is 8.30. The van der Waals surface area contributed by atoms with Crippen LogP contribution in [0.2, 0.25) is 0 Å². The van der Waals surface area contributed by atoms with Gasteiger partial charge in [0.25, 0.3) is 0 Å². The van der Waals surface area contributed by atoms with Gasteiger partial charge < -0.3 is 5.32 Å². The van der Waals surface area contributed by atoms with Crippen molar-refractivity contribution >= 4 is 37.5 Å². The number of anilines is 1. The van der Waals surface area contributed by atoms with Crippen molar-refractivity contribution in [2.45, 2.75) is 26.3 Å². The number of amides is 1. The van der Waals surface area contributed by atoms with E-state index in [2.05, 4.69) is 21.2 Å². The number of rotatable bonds is 7. The molecule has 0 aliphatic carbocycles. The highest BCUT2D eigenvalue weighted by Crippen LogP contribution is 2.27. The summed E-state index contributed by atoms with van der Waals surface area (Å²) in [5, 5.41) is 2.93. The molecule has 140 valence electrons. The molecule has 0 aliphatic heterocycles. The molecule has 0 heterocycles. The molecule has 0 fully saturated rings. The van der Waals surface area contributed by atoms with Crippen molar-refractivity contribution in [1.82, 2.24) is 5.32 Å². The maximum Gasteiger partial charge on any atom is 0.241 e. The Bertz CT molecular complexity index is 867. The molecule has 26 heavy (non-hydrogen) atoms. The number of hydrogen-bond acceptors (Lipinski definition) is 3. The second-order valence-electron chi connectivity index (χ2n) is 6.16. The van der Waals surface area contributed by atoms with E-state index in [0.717, 1.165) is 21.7 Å². The lowest BCUT2D eigenvalue weighted by Gasteiger charge is -2.25. The number of hydrogen-bond donors (Lipinski definition) is 1. The van der Waals surface area contributed by atoms with Crippen LogP contribution in [0.3, 0.4) is 0 Å². The number of sulfonamides is 1. The molecule has 0 aromatic heterocycles. The third-order valence-electron chi connectivity index (χ3n) is 4.03. The summed E-state index contributed by atoms with van der Waals surface area (Å²) >= 11 is 3.35. The average molecular weight is 439 g/mol. The fraction of sp³-hybridized carbons (Fsp3) is 0.316. The van der Waals surface area contributed by atoms with E-state index in [4.69, 9.17) is 0 Å². The van der Waals surface area contributed by atoms with E-state index < -0.39 is 10.0 Å². The number of benzene rings is 2. The molecule has 1 N–H and O–H groups in total. The topological polar surface area (TPSA) is 66.5 Å². The van der Waals surface area contributed by atoms with Gasteiger partial charge in [-0.1, -0.05) is 48.9 Å². The zero-order valence-corrected chi connectivity index (χ0v) is 17.5. The second kappa shape index (κ2) is 8.68. The number of carbonyl (C=O) groups excluding carboxylic acids is 1. The van der Waals surface area contributed by atoms with Gasteiger partial charge in [-0.3, -0.25) is 9.10 Å². The fourth-order valence-corrected chi connectivity index (χ4v) is 4.11. The number of para-hydroxylation sites is 1. The summed E-state index contributed by atoms with van der Waals surface area (Å²) in [6.45, 7) is 3.71. The number of nitrogens with zero attached hydrogens (tertiary/aromatic N) is 1. The van der Waals surface area contributed by atoms with Crippen LogP contribution in [0.4, 0.5) is 5.69 Å². The molecule has 0 unspecified atom stereocenters. The first kappa shape index (κ1) is 20.5. The third kappa shape index (κ3) is 5.32. The van der Waals surface area contributed by atoms with Crippen LogP contribution in [0.5, 0.6) is 0 Å². The minimum atomic E-state index is -3.61. The Balaban J connectivity index is 2.19. The first-order valence-corrected chi connectivity index (χ1v) is 10.9. The fourth-order valence-electron chi connectivity index (χ4n) is 2.63. The lowest BCUT2D eigenvalue weighted by atomic mass is 10.0. The maximum atomic E-state index is 12.6. The SMILES string of the molecule is CC[C@H](NC(=O)CN(c1ccccc1Br)S(C)(=O)=O)c1ccc(C)cc1. The van der Waals surface area contributed by atoms with E-state index in [0.29, 0.717) is 16.6 Å². The molecule has 2 rings (SSSR count). The van der Waals surface area contributed by atoms with Crippen LogP contribution in [0, 0.1) is 6.92 Å².